The molecule has 0 saturated heterocycles. The summed E-state index contributed by atoms with van der Waals surface area (Å²) in [5, 5.41) is 3.64. The van der Waals surface area contributed by atoms with E-state index >= 15 is 0 Å². The third-order valence-electron chi connectivity index (χ3n) is 6.06. The Balaban J connectivity index is 1.78. The summed E-state index contributed by atoms with van der Waals surface area (Å²) in [5.74, 6) is -1.62. The van der Waals surface area contributed by atoms with Gasteiger partial charge in [0.15, 0.2) is 5.69 Å². The summed E-state index contributed by atoms with van der Waals surface area (Å²) in [6, 6.07) is 15.3. The monoisotopic (exact) mass is 511 g/mol. The number of carbonyl (C=O) groups is 3. The van der Waals surface area contributed by atoms with Crippen molar-refractivity contribution < 1.29 is 14.4 Å². The Kier molecular flexibility index (Phi) is 7.67. The number of aromatic nitrogens is 1. The first-order chi connectivity index (χ1) is 16.8. The lowest BCUT2D eigenvalue weighted by molar-refractivity contribution is -0.126. The van der Waals surface area contributed by atoms with Gasteiger partial charge in [-0.3, -0.25) is 14.4 Å². The van der Waals surface area contributed by atoms with Crippen LogP contribution in [0, 0.1) is 0 Å². The van der Waals surface area contributed by atoms with Crippen molar-refractivity contribution in [2.45, 2.75) is 44.3 Å². The van der Waals surface area contributed by atoms with Crippen LogP contribution in [-0.2, 0) is 11.3 Å². The van der Waals surface area contributed by atoms with E-state index in [-0.39, 0.29) is 34.8 Å². The second kappa shape index (κ2) is 10.9. The molecule has 1 heterocycles. The number of hydrogen-bond acceptors (Lipinski definition) is 6. The Morgan fingerprint density at radius 1 is 1.09 bits per heavy atom. The number of anilines is 1. The first-order valence-corrected chi connectivity index (χ1v) is 12.5. The summed E-state index contributed by atoms with van der Waals surface area (Å²) in [7, 11) is 0. The summed E-state index contributed by atoms with van der Waals surface area (Å²) >= 11 is 6.90. The smallest absolute Gasteiger partial charge is 0.270 e. The van der Waals surface area contributed by atoms with Gasteiger partial charge < -0.3 is 21.7 Å². The van der Waals surface area contributed by atoms with E-state index in [1.807, 2.05) is 30.3 Å². The van der Waals surface area contributed by atoms with Crippen LogP contribution in [0.2, 0.25) is 5.02 Å². The molecule has 10 heteroatoms. The molecule has 1 fully saturated rings. The number of rotatable bonds is 8. The number of nitrogens with two attached hydrogens (primary N) is 2. The van der Waals surface area contributed by atoms with E-state index in [4.69, 9.17) is 23.1 Å². The molecule has 5 N–H and O–H groups in total. The van der Waals surface area contributed by atoms with E-state index < -0.39 is 17.9 Å². The lowest BCUT2D eigenvalue weighted by Gasteiger charge is -2.32. The Morgan fingerprint density at radius 2 is 1.74 bits per heavy atom. The van der Waals surface area contributed by atoms with Crippen LogP contribution in [0.1, 0.15) is 63.0 Å². The lowest BCUT2D eigenvalue weighted by Crippen LogP contribution is -2.45. The SMILES string of the molecule is NC(=O)c1nsc(C(=O)N(Cc2ccccc2)C(C(=O)NC2CCCC2)c2ccc(Cl)cc2)c1N. The molecule has 182 valence electrons. The zero-order valence-corrected chi connectivity index (χ0v) is 20.5. The fraction of sp³-hybridized carbons (Fsp3) is 0.280. The Bertz CT molecular complexity index is 1210. The molecule has 0 aliphatic heterocycles. The van der Waals surface area contributed by atoms with Crippen molar-refractivity contribution in [3.8, 4) is 0 Å². The number of nitrogen functional groups attached to an aromatic ring is 1. The summed E-state index contributed by atoms with van der Waals surface area (Å²) in [6.07, 6.45) is 3.90. The highest BCUT2D eigenvalue weighted by Crippen LogP contribution is 2.31. The summed E-state index contributed by atoms with van der Waals surface area (Å²) in [5.41, 5.74) is 12.6. The molecule has 0 bridgehead atoms. The third-order valence-corrected chi connectivity index (χ3v) is 7.16. The molecule has 0 radical (unpaired) electrons. The molecule has 1 aromatic heterocycles. The number of hydrogen-bond donors (Lipinski definition) is 3. The van der Waals surface area contributed by atoms with Gasteiger partial charge in [-0.2, -0.15) is 4.37 Å². The van der Waals surface area contributed by atoms with E-state index in [9.17, 15) is 14.4 Å². The summed E-state index contributed by atoms with van der Waals surface area (Å²) in [4.78, 5) is 40.8. The molecule has 1 aliphatic carbocycles. The lowest BCUT2D eigenvalue weighted by atomic mass is 10.0. The number of amides is 3. The maximum Gasteiger partial charge on any atom is 0.270 e. The molecule has 3 aromatic rings. The molecule has 3 amide bonds. The average molecular weight is 512 g/mol. The first-order valence-electron chi connectivity index (χ1n) is 11.3. The van der Waals surface area contributed by atoms with Gasteiger partial charge in [-0.25, -0.2) is 0 Å². The first kappa shape index (κ1) is 24.7. The molecular formula is C25H26ClN5O3S. The van der Waals surface area contributed by atoms with E-state index in [0.29, 0.717) is 10.6 Å². The van der Waals surface area contributed by atoms with E-state index in [2.05, 4.69) is 9.69 Å². The number of nitrogens with zero attached hydrogens (tertiary/aromatic N) is 2. The van der Waals surface area contributed by atoms with Gasteiger partial charge in [0.2, 0.25) is 5.91 Å². The van der Waals surface area contributed by atoms with Crippen LogP contribution in [0.15, 0.2) is 54.6 Å². The van der Waals surface area contributed by atoms with Gasteiger partial charge in [0.25, 0.3) is 11.8 Å². The van der Waals surface area contributed by atoms with E-state index in [0.717, 1.165) is 42.8 Å². The van der Waals surface area contributed by atoms with E-state index in [1.54, 1.807) is 24.3 Å². The predicted octanol–water partition coefficient (Wildman–Crippen LogP) is 3.92. The van der Waals surface area contributed by atoms with E-state index in [1.165, 1.54) is 4.90 Å². The van der Waals surface area contributed by atoms with Crippen molar-refractivity contribution in [2.24, 2.45) is 5.73 Å². The molecule has 1 unspecified atom stereocenters. The average Bonchev–Trinajstić information content (AvgIpc) is 3.49. The van der Waals surface area contributed by atoms with Gasteiger partial charge in [-0.15, -0.1) is 0 Å². The molecule has 35 heavy (non-hydrogen) atoms. The molecule has 1 aliphatic rings. The number of primary amides is 1. The second-order valence-corrected chi connectivity index (χ2v) is 9.71. The maximum atomic E-state index is 13.9. The number of halogens is 1. The Labute approximate surface area is 212 Å². The van der Waals surface area contributed by atoms with Gasteiger partial charge in [0.1, 0.15) is 10.9 Å². The molecule has 8 nitrogen and oxygen atoms in total. The van der Waals surface area contributed by atoms with Crippen molar-refractivity contribution in [1.82, 2.24) is 14.6 Å². The molecule has 0 spiro atoms. The second-order valence-electron chi connectivity index (χ2n) is 8.50. The van der Waals surface area contributed by atoms with Crippen molar-refractivity contribution in [3.05, 3.63) is 81.3 Å². The van der Waals surface area contributed by atoms with Crippen molar-refractivity contribution in [2.75, 3.05) is 5.73 Å². The van der Waals surface area contributed by atoms with Gasteiger partial charge in [0, 0.05) is 17.6 Å². The maximum absolute atomic E-state index is 13.9. The van der Waals surface area contributed by atoms with Crippen LogP contribution in [-0.4, -0.2) is 33.0 Å². The fourth-order valence-electron chi connectivity index (χ4n) is 4.29. The molecule has 1 saturated carbocycles. The number of nitrogens with one attached hydrogen (secondary N) is 1. The van der Waals surface area contributed by atoms with Gasteiger partial charge in [-0.1, -0.05) is 66.9 Å². The highest BCUT2D eigenvalue weighted by Gasteiger charge is 2.36. The molecule has 4 rings (SSSR count). The standard InChI is InChI=1S/C25H26ClN5O3S/c26-17-12-10-16(11-13-17)21(24(33)29-18-8-4-5-9-18)31(14-15-6-2-1-3-7-15)25(34)22-19(27)20(23(28)32)30-35-22/h1-3,6-7,10-13,18,21H,4-5,8-9,14,27H2,(H2,28,32)(H,29,33). The van der Waals surface area contributed by atoms with Crippen LogP contribution in [0.3, 0.4) is 0 Å². The van der Waals surface area contributed by atoms with Crippen LogP contribution in [0.25, 0.3) is 0 Å². The van der Waals surface area contributed by atoms with Crippen molar-refractivity contribution in [1.29, 1.82) is 0 Å². The zero-order valence-electron chi connectivity index (χ0n) is 18.9. The van der Waals surface area contributed by atoms with Crippen LogP contribution < -0.4 is 16.8 Å². The zero-order chi connectivity index (χ0) is 24.9. The minimum Gasteiger partial charge on any atom is -0.395 e. The predicted molar refractivity (Wildman–Crippen MR) is 136 cm³/mol. The van der Waals surface area contributed by atoms with Crippen LogP contribution in [0.4, 0.5) is 5.69 Å². The quantitative estimate of drug-likeness (QED) is 0.421. The van der Waals surface area contributed by atoms with Crippen LogP contribution in [0.5, 0.6) is 0 Å². The minimum absolute atomic E-state index is 0.0564. The van der Waals surface area contributed by atoms with Gasteiger partial charge in [-0.05, 0) is 47.6 Å². The number of carbonyl (C=O) groups excluding carboxylic acids is 3. The van der Waals surface area contributed by atoms with Gasteiger partial charge in [0.05, 0.1) is 5.69 Å². The Hall–Kier alpha value is -3.43. The minimum atomic E-state index is -0.959. The van der Waals surface area contributed by atoms with Crippen molar-refractivity contribution in [3.63, 3.8) is 0 Å². The molecule has 2 aromatic carbocycles. The van der Waals surface area contributed by atoms with Gasteiger partial charge >= 0.3 is 0 Å². The fourth-order valence-corrected chi connectivity index (χ4v) is 5.18. The summed E-state index contributed by atoms with van der Waals surface area (Å²) < 4.78 is 3.97. The largest absolute Gasteiger partial charge is 0.395 e. The highest BCUT2D eigenvalue weighted by molar-refractivity contribution is 7.09. The molecule has 1 atom stereocenters. The summed E-state index contributed by atoms with van der Waals surface area (Å²) in [6.45, 7) is 0.133. The third kappa shape index (κ3) is 5.63. The normalized spacial score (nSPS) is 14.4. The van der Waals surface area contributed by atoms with Crippen LogP contribution >= 0.6 is 23.1 Å². The topological polar surface area (TPSA) is 131 Å². The molecular weight excluding hydrogens is 486 g/mol. The Morgan fingerprint density at radius 3 is 2.34 bits per heavy atom. The number of benzene rings is 2. The van der Waals surface area contributed by atoms with Crippen molar-refractivity contribution >= 4 is 46.5 Å². The highest BCUT2D eigenvalue weighted by atomic mass is 35.5.